The molecule has 0 bridgehead atoms. The van der Waals surface area contributed by atoms with E-state index in [1.165, 1.54) is 0 Å². The van der Waals surface area contributed by atoms with Gasteiger partial charge in [-0.2, -0.15) is 0 Å². The van der Waals surface area contributed by atoms with E-state index in [2.05, 4.69) is 5.32 Å². The van der Waals surface area contributed by atoms with Gasteiger partial charge >= 0.3 is 6.09 Å². The molecule has 1 fully saturated rings. The van der Waals surface area contributed by atoms with E-state index in [0.29, 0.717) is 25.9 Å². The summed E-state index contributed by atoms with van der Waals surface area (Å²) in [5.74, 6) is 0.0665. The van der Waals surface area contributed by atoms with Gasteiger partial charge in [-0.15, -0.1) is 0 Å². The summed E-state index contributed by atoms with van der Waals surface area (Å²) in [5.41, 5.74) is 7.27. The molecule has 0 radical (unpaired) electrons. The topological polar surface area (TPSA) is 84.7 Å². The number of alkyl carbamates (subject to hydrolysis) is 1. The molecule has 2 amide bonds. The first kappa shape index (κ1) is 17.3. The van der Waals surface area contributed by atoms with Crippen LogP contribution in [0.15, 0.2) is 24.3 Å². The number of carbonyl (C=O) groups is 2. The lowest BCUT2D eigenvalue weighted by molar-refractivity contribution is -0.117. The summed E-state index contributed by atoms with van der Waals surface area (Å²) in [5, 5.41) is 2.73. The van der Waals surface area contributed by atoms with Gasteiger partial charge in [0.2, 0.25) is 5.91 Å². The second-order valence-corrected chi connectivity index (χ2v) is 6.81. The first-order valence-corrected chi connectivity index (χ1v) is 7.86. The van der Waals surface area contributed by atoms with E-state index in [9.17, 15) is 9.59 Å². The average Bonchev–Trinajstić information content (AvgIpc) is 2.76. The standard InChI is InChI=1S/C17H25N3O3/c1-17(2,3)23-16(22)19-9-8-12-4-6-14(7-5-12)20-11-13(18)10-15(20)21/h4-7,13H,8-11,18H2,1-3H3,(H,19,22). The third kappa shape index (κ3) is 5.25. The van der Waals surface area contributed by atoms with Gasteiger partial charge in [0, 0.05) is 31.2 Å². The Morgan fingerprint density at radius 2 is 2.00 bits per heavy atom. The summed E-state index contributed by atoms with van der Waals surface area (Å²) in [6.45, 7) is 6.56. The van der Waals surface area contributed by atoms with Crippen molar-refractivity contribution in [3.8, 4) is 0 Å². The molecule has 0 aromatic heterocycles. The Balaban J connectivity index is 1.82. The molecular weight excluding hydrogens is 294 g/mol. The molecule has 1 aliphatic heterocycles. The maximum absolute atomic E-state index is 11.8. The molecule has 3 N–H and O–H groups in total. The zero-order valence-corrected chi connectivity index (χ0v) is 14.0. The van der Waals surface area contributed by atoms with Crippen molar-refractivity contribution in [3.05, 3.63) is 29.8 Å². The van der Waals surface area contributed by atoms with Crippen LogP contribution in [0, 0.1) is 0 Å². The van der Waals surface area contributed by atoms with Gasteiger partial charge in [-0.1, -0.05) is 12.1 Å². The zero-order chi connectivity index (χ0) is 17.0. The van der Waals surface area contributed by atoms with Crippen molar-refractivity contribution in [3.63, 3.8) is 0 Å². The van der Waals surface area contributed by atoms with E-state index in [1.54, 1.807) is 4.90 Å². The predicted molar refractivity (Wildman–Crippen MR) is 89.3 cm³/mol. The fourth-order valence-corrected chi connectivity index (χ4v) is 2.45. The number of rotatable bonds is 4. The van der Waals surface area contributed by atoms with Crippen molar-refractivity contribution >= 4 is 17.7 Å². The average molecular weight is 319 g/mol. The van der Waals surface area contributed by atoms with Gasteiger partial charge in [0.1, 0.15) is 5.60 Å². The van der Waals surface area contributed by atoms with Crippen LogP contribution >= 0.6 is 0 Å². The molecule has 1 aromatic rings. The van der Waals surface area contributed by atoms with E-state index in [1.807, 2.05) is 45.0 Å². The monoisotopic (exact) mass is 319 g/mol. The Morgan fingerprint density at radius 3 is 2.52 bits per heavy atom. The van der Waals surface area contributed by atoms with Gasteiger partial charge < -0.3 is 20.7 Å². The molecule has 1 unspecified atom stereocenters. The highest BCUT2D eigenvalue weighted by molar-refractivity contribution is 5.96. The highest BCUT2D eigenvalue weighted by Gasteiger charge is 2.27. The van der Waals surface area contributed by atoms with Crippen molar-refractivity contribution < 1.29 is 14.3 Å². The van der Waals surface area contributed by atoms with Crippen molar-refractivity contribution in [2.75, 3.05) is 18.0 Å². The molecule has 23 heavy (non-hydrogen) atoms. The first-order chi connectivity index (χ1) is 10.7. The molecule has 0 spiro atoms. The minimum Gasteiger partial charge on any atom is -0.444 e. The smallest absolute Gasteiger partial charge is 0.407 e. The molecule has 126 valence electrons. The summed E-state index contributed by atoms with van der Waals surface area (Å²) in [6, 6.07) is 7.67. The van der Waals surface area contributed by atoms with Crippen molar-refractivity contribution in [1.82, 2.24) is 5.32 Å². The Labute approximate surface area is 137 Å². The minimum absolute atomic E-state index is 0.0665. The minimum atomic E-state index is -0.491. The molecule has 6 nitrogen and oxygen atoms in total. The van der Waals surface area contributed by atoms with Gasteiger partial charge in [0.05, 0.1) is 0 Å². The van der Waals surface area contributed by atoms with Crippen LogP contribution in [-0.2, 0) is 16.0 Å². The van der Waals surface area contributed by atoms with Gasteiger partial charge in [-0.05, 0) is 44.9 Å². The number of carbonyl (C=O) groups excluding carboxylic acids is 2. The molecule has 1 heterocycles. The summed E-state index contributed by atoms with van der Waals surface area (Å²) in [7, 11) is 0. The van der Waals surface area contributed by atoms with Crippen LogP contribution in [0.4, 0.5) is 10.5 Å². The van der Waals surface area contributed by atoms with E-state index in [-0.39, 0.29) is 11.9 Å². The third-order valence-electron chi connectivity index (χ3n) is 3.48. The van der Waals surface area contributed by atoms with Gasteiger partial charge in [0.25, 0.3) is 0 Å². The zero-order valence-electron chi connectivity index (χ0n) is 14.0. The predicted octanol–water partition coefficient (Wildman–Crippen LogP) is 1.82. The normalized spacial score (nSPS) is 18.2. The lowest BCUT2D eigenvalue weighted by atomic mass is 10.1. The fraction of sp³-hybridized carbons (Fsp3) is 0.529. The van der Waals surface area contributed by atoms with Crippen molar-refractivity contribution in [2.45, 2.75) is 45.3 Å². The number of nitrogens with two attached hydrogens (primary N) is 1. The van der Waals surface area contributed by atoms with Crippen LogP contribution in [0.2, 0.25) is 0 Å². The van der Waals surface area contributed by atoms with Crippen molar-refractivity contribution in [1.29, 1.82) is 0 Å². The van der Waals surface area contributed by atoms with E-state index < -0.39 is 11.7 Å². The molecular formula is C17H25N3O3. The lowest BCUT2D eigenvalue weighted by Gasteiger charge is -2.19. The molecule has 1 saturated heterocycles. The number of anilines is 1. The van der Waals surface area contributed by atoms with Crippen LogP contribution in [0.25, 0.3) is 0 Å². The van der Waals surface area contributed by atoms with Crippen LogP contribution in [0.1, 0.15) is 32.8 Å². The van der Waals surface area contributed by atoms with Gasteiger partial charge in [-0.3, -0.25) is 4.79 Å². The van der Waals surface area contributed by atoms with Crippen LogP contribution in [-0.4, -0.2) is 36.7 Å². The second-order valence-electron chi connectivity index (χ2n) is 6.81. The Kier molecular flexibility index (Phi) is 5.26. The Bertz CT molecular complexity index is 563. The van der Waals surface area contributed by atoms with Crippen molar-refractivity contribution in [2.24, 2.45) is 5.73 Å². The number of hydrogen-bond acceptors (Lipinski definition) is 4. The van der Waals surface area contributed by atoms with Gasteiger partial charge in [-0.25, -0.2) is 4.79 Å². The summed E-state index contributed by atoms with van der Waals surface area (Å²) in [4.78, 5) is 25.1. The van der Waals surface area contributed by atoms with E-state index in [0.717, 1.165) is 11.3 Å². The van der Waals surface area contributed by atoms with Crippen LogP contribution in [0.3, 0.4) is 0 Å². The Hall–Kier alpha value is -2.08. The molecule has 1 atom stereocenters. The molecule has 0 saturated carbocycles. The van der Waals surface area contributed by atoms with Crippen LogP contribution < -0.4 is 16.0 Å². The lowest BCUT2D eigenvalue weighted by Crippen LogP contribution is -2.33. The fourth-order valence-electron chi connectivity index (χ4n) is 2.45. The van der Waals surface area contributed by atoms with Crippen LogP contribution in [0.5, 0.6) is 0 Å². The summed E-state index contributed by atoms with van der Waals surface area (Å²) >= 11 is 0. The molecule has 6 heteroatoms. The highest BCUT2D eigenvalue weighted by Crippen LogP contribution is 2.21. The number of nitrogens with one attached hydrogen (secondary N) is 1. The SMILES string of the molecule is CC(C)(C)OC(=O)NCCc1ccc(N2CC(N)CC2=O)cc1. The van der Waals surface area contributed by atoms with Gasteiger partial charge in [0.15, 0.2) is 0 Å². The first-order valence-electron chi connectivity index (χ1n) is 7.86. The quantitative estimate of drug-likeness (QED) is 0.886. The largest absolute Gasteiger partial charge is 0.444 e. The van der Waals surface area contributed by atoms with E-state index >= 15 is 0 Å². The number of ether oxygens (including phenoxy) is 1. The molecule has 2 rings (SSSR count). The Morgan fingerprint density at radius 1 is 1.35 bits per heavy atom. The third-order valence-corrected chi connectivity index (χ3v) is 3.48. The highest BCUT2D eigenvalue weighted by atomic mass is 16.6. The molecule has 1 aromatic carbocycles. The number of nitrogens with zero attached hydrogens (tertiary/aromatic N) is 1. The summed E-state index contributed by atoms with van der Waals surface area (Å²) < 4.78 is 5.18. The number of amides is 2. The molecule has 0 aliphatic carbocycles. The molecule has 1 aliphatic rings. The maximum Gasteiger partial charge on any atom is 0.407 e. The summed E-state index contributed by atoms with van der Waals surface area (Å²) in [6.07, 6.45) is 0.694. The number of hydrogen-bond donors (Lipinski definition) is 2. The number of benzene rings is 1. The maximum atomic E-state index is 11.8. The van der Waals surface area contributed by atoms with E-state index in [4.69, 9.17) is 10.5 Å². The second kappa shape index (κ2) is 7.00.